The number of aldehydes is 1. The summed E-state index contributed by atoms with van der Waals surface area (Å²) in [5.41, 5.74) is 5.26. The number of nitrogens with two attached hydrogens (primary N) is 1. The first-order valence-electron chi connectivity index (χ1n) is 6.37. The highest BCUT2D eigenvalue weighted by atomic mass is 16.6. The van der Waals surface area contributed by atoms with Gasteiger partial charge < -0.3 is 56.1 Å². The Kier molecular flexibility index (Phi) is 9.79. The van der Waals surface area contributed by atoms with Gasteiger partial charge in [-0.25, -0.2) is 0 Å². The zero-order valence-electron chi connectivity index (χ0n) is 11.6. The first-order valence-corrected chi connectivity index (χ1v) is 6.37. The third-order valence-corrected chi connectivity index (χ3v) is 3.02. The third-order valence-electron chi connectivity index (χ3n) is 3.02. The number of aliphatic hydroxyl groups is 8. The van der Waals surface area contributed by atoms with E-state index in [1.807, 2.05) is 0 Å². The second kappa shape index (κ2) is 10.1. The van der Waals surface area contributed by atoms with E-state index in [1.165, 1.54) is 0 Å². The van der Waals surface area contributed by atoms with Crippen LogP contribution in [0.5, 0.6) is 0 Å². The van der Waals surface area contributed by atoms with Crippen LogP contribution >= 0.6 is 0 Å². The van der Waals surface area contributed by atoms with Gasteiger partial charge in [-0.1, -0.05) is 0 Å². The molecule has 0 saturated carbocycles. The molecule has 132 valence electrons. The van der Waals surface area contributed by atoms with Gasteiger partial charge in [0.15, 0.2) is 12.6 Å². The maximum absolute atomic E-state index is 9.76. The van der Waals surface area contributed by atoms with Gasteiger partial charge in [-0.15, -0.1) is 0 Å². The number of aliphatic hydroxyl groups excluding tert-OH is 8. The lowest BCUT2D eigenvalue weighted by Gasteiger charge is -2.38. The third kappa shape index (κ3) is 5.81. The smallest absolute Gasteiger partial charge is 0.173 e. The Bertz CT molecular complexity index is 314. The average molecular weight is 329 g/mol. The highest BCUT2D eigenvalue weighted by Gasteiger charge is 2.41. The fourth-order valence-corrected chi connectivity index (χ4v) is 1.53. The summed E-state index contributed by atoms with van der Waals surface area (Å²) < 4.78 is 4.70. The first kappa shape index (κ1) is 21.3. The van der Waals surface area contributed by atoms with E-state index in [2.05, 4.69) is 0 Å². The highest BCUT2D eigenvalue weighted by Crippen LogP contribution is 2.17. The molecule has 0 aromatic rings. The molecule has 0 aromatic heterocycles. The minimum Gasteiger partial charge on any atom is -0.394 e. The Balaban J connectivity index is 0.000000409. The molecule has 10 N–H and O–H groups in total. The van der Waals surface area contributed by atoms with E-state index >= 15 is 0 Å². The first-order chi connectivity index (χ1) is 10.2. The van der Waals surface area contributed by atoms with Crippen LogP contribution in [0.3, 0.4) is 0 Å². The summed E-state index contributed by atoms with van der Waals surface area (Å²) in [6, 6.07) is -1.04. The fraction of sp³-hybridized carbons (Fsp3) is 0.909. The van der Waals surface area contributed by atoms with Gasteiger partial charge in [0.05, 0.1) is 19.3 Å². The molecule has 8 atom stereocenters. The van der Waals surface area contributed by atoms with Gasteiger partial charge >= 0.3 is 0 Å². The summed E-state index contributed by atoms with van der Waals surface area (Å²) in [4.78, 5) is 9.76. The van der Waals surface area contributed by atoms with E-state index in [9.17, 15) is 15.0 Å². The van der Waals surface area contributed by atoms with Crippen LogP contribution in [0, 0.1) is 0 Å². The molecule has 1 rings (SSSR count). The molecule has 1 fully saturated rings. The van der Waals surface area contributed by atoms with Gasteiger partial charge in [-0.05, 0) is 0 Å². The lowest BCUT2D eigenvalue weighted by Crippen LogP contribution is -2.61. The molecule has 0 spiro atoms. The van der Waals surface area contributed by atoms with Crippen molar-refractivity contribution in [1.29, 1.82) is 0 Å². The molecule has 1 heterocycles. The molecule has 1 unspecified atom stereocenters. The lowest BCUT2D eigenvalue weighted by molar-refractivity contribution is -0.248. The van der Waals surface area contributed by atoms with Crippen molar-refractivity contribution in [2.75, 3.05) is 13.2 Å². The van der Waals surface area contributed by atoms with E-state index in [4.69, 9.17) is 41.1 Å². The van der Waals surface area contributed by atoms with Gasteiger partial charge in [0.25, 0.3) is 0 Å². The zero-order chi connectivity index (χ0) is 17.4. The minimum atomic E-state index is -1.64. The summed E-state index contributed by atoms with van der Waals surface area (Å²) >= 11 is 0. The number of ether oxygens (including phenoxy) is 1. The van der Waals surface area contributed by atoms with E-state index in [-0.39, 0.29) is 6.29 Å². The van der Waals surface area contributed by atoms with Crippen molar-refractivity contribution in [3.05, 3.63) is 0 Å². The van der Waals surface area contributed by atoms with Crippen LogP contribution in [-0.2, 0) is 9.53 Å². The van der Waals surface area contributed by atoms with Gasteiger partial charge in [-0.2, -0.15) is 0 Å². The number of hydrogen-bond donors (Lipinski definition) is 9. The van der Waals surface area contributed by atoms with Crippen molar-refractivity contribution in [1.82, 2.24) is 0 Å². The molecular formula is C11H23NO10. The largest absolute Gasteiger partial charge is 0.394 e. The Morgan fingerprint density at radius 3 is 2.05 bits per heavy atom. The number of hydrogen-bond acceptors (Lipinski definition) is 11. The normalized spacial score (nSPS) is 35.8. The molecule has 11 nitrogen and oxygen atoms in total. The molecule has 0 radical (unpaired) electrons. The van der Waals surface area contributed by atoms with E-state index in [0.29, 0.717) is 0 Å². The summed E-state index contributed by atoms with van der Waals surface area (Å²) in [6.07, 6.45) is -9.48. The molecule has 0 amide bonds. The van der Waals surface area contributed by atoms with Crippen LogP contribution < -0.4 is 5.73 Å². The molecule has 1 aliphatic heterocycles. The average Bonchev–Trinajstić information content (AvgIpc) is 2.54. The zero-order valence-corrected chi connectivity index (χ0v) is 11.6. The molecule has 22 heavy (non-hydrogen) atoms. The monoisotopic (exact) mass is 329 g/mol. The maximum Gasteiger partial charge on any atom is 0.173 e. The van der Waals surface area contributed by atoms with Crippen LogP contribution in [0.1, 0.15) is 0 Å². The number of rotatable bonds is 5. The Morgan fingerprint density at radius 1 is 1.09 bits per heavy atom. The van der Waals surface area contributed by atoms with E-state index in [1.54, 1.807) is 0 Å². The Labute approximate surface area is 125 Å². The van der Waals surface area contributed by atoms with Gasteiger partial charge in [0.2, 0.25) is 0 Å². The molecule has 0 bridgehead atoms. The number of carbonyl (C=O) groups excluding carboxylic acids is 1. The van der Waals surface area contributed by atoms with Gasteiger partial charge in [0, 0.05) is 0 Å². The molecular weight excluding hydrogens is 306 g/mol. The second-order valence-electron chi connectivity index (χ2n) is 4.67. The van der Waals surface area contributed by atoms with Crippen LogP contribution in [0.15, 0.2) is 0 Å². The maximum atomic E-state index is 9.76. The standard InChI is InChI=1S/C6H13NO5.C5H10O5/c7-3-5(10)4(9)2(1-8)12-6(3)11;6-1-3(8)5(10)4(9)2-7/h2-6,8-11H,1,7H2;1,3-5,7-10H,2H2/t2-,3-,4-,5-,6?;3-,4+,5+/m10/s1. The van der Waals surface area contributed by atoms with Crippen LogP contribution in [0.25, 0.3) is 0 Å². The van der Waals surface area contributed by atoms with Crippen LogP contribution in [-0.4, -0.2) is 109 Å². The predicted molar refractivity (Wildman–Crippen MR) is 69.1 cm³/mol. The highest BCUT2D eigenvalue weighted by molar-refractivity contribution is 5.56. The number of carbonyl (C=O) groups is 1. The predicted octanol–water partition coefficient (Wildman–Crippen LogP) is -5.99. The molecule has 1 aliphatic rings. The van der Waals surface area contributed by atoms with Crippen molar-refractivity contribution >= 4 is 6.29 Å². The van der Waals surface area contributed by atoms with Crippen molar-refractivity contribution in [3.8, 4) is 0 Å². The lowest BCUT2D eigenvalue weighted by atomic mass is 9.98. The van der Waals surface area contributed by atoms with Crippen LogP contribution in [0.2, 0.25) is 0 Å². The molecule has 11 heteroatoms. The second-order valence-corrected chi connectivity index (χ2v) is 4.67. The van der Waals surface area contributed by atoms with Crippen LogP contribution in [0.4, 0.5) is 0 Å². The summed E-state index contributed by atoms with van der Waals surface area (Å²) in [5, 5.41) is 70.1. The van der Waals surface area contributed by atoms with Gasteiger partial charge in [-0.3, -0.25) is 0 Å². The van der Waals surface area contributed by atoms with Crippen molar-refractivity contribution in [3.63, 3.8) is 0 Å². The minimum absolute atomic E-state index is 0.0869. The fourth-order valence-electron chi connectivity index (χ4n) is 1.53. The molecule has 0 aromatic carbocycles. The summed E-state index contributed by atoms with van der Waals surface area (Å²) in [5.74, 6) is 0. The van der Waals surface area contributed by atoms with Crippen molar-refractivity contribution in [2.24, 2.45) is 5.73 Å². The quantitative estimate of drug-likeness (QED) is 0.216. The SMILES string of the molecule is N[C@H]1C(O)O[C@H](CO)[C@@H](O)[C@@H]1O.O=C[C@H](O)[C@@H](O)[C@H](O)CO. The van der Waals surface area contributed by atoms with Crippen molar-refractivity contribution < 1.29 is 50.4 Å². The van der Waals surface area contributed by atoms with Gasteiger partial charge in [0.1, 0.15) is 36.6 Å². The topological polar surface area (TPSA) is 214 Å². The Morgan fingerprint density at radius 2 is 1.64 bits per heavy atom. The summed E-state index contributed by atoms with van der Waals surface area (Å²) in [7, 11) is 0. The summed E-state index contributed by atoms with van der Waals surface area (Å²) in [6.45, 7) is -1.16. The van der Waals surface area contributed by atoms with E-state index < -0.39 is 62.2 Å². The Hall–Kier alpha value is -0.730. The van der Waals surface area contributed by atoms with E-state index in [0.717, 1.165) is 0 Å². The molecule has 1 saturated heterocycles. The molecule has 0 aliphatic carbocycles. The van der Waals surface area contributed by atoms with Crippen molar-refractivity contribution in [2.45, 2.75) is 49.0 Å².